The maximum Gasteiger partial charge on any atom is 0.351 e. The van der Waals surface area contributed by atoms with Gasteiger partial charge in [-0.2, -0.15) is 10.2 Å². The number of methoxy groups -OCH3 is 1. The Labute approximate surface area is 339 Å². The summed E-state index contributed by atoms with van der Waals surface area (Å²) in [6.45, 7) is 22.3. The molecule has 13 nitrogen and oxygen atoms in total. The molecule has 1 aliphatic rings. The molecule has 2 heterocycles. The number of nitrogens with zero attached hydrogens (tertiary/aromatic N) is 4. The Morgan fingerprint density at radius 1 is 1.07 bits per heavy atom. The lowest BCUT2D eigenvalue weighted by atomic mass is 10.1. The van der Waals surface area contributed by atoms with E-state index < -0.39 is 53.0 Å². The molecule has 1 unspecified atom stereocenters. The average Bonchev–Trinajstić information content (AvgIpc) is 3.44. The SMILES string of the molecule is C.C.C.CC[C@H]1O[C@@H](n2cc(C#CCOCCO[Si](C)(C)C(C)(C)C)c(NC(=O)c3ccccc3)nc2=O)[C@H](OC)[C@@H]1OP(OCCC#N)N(C(C)C)C(C)C. The monoisotopic (exact) mass is 819 g/mol. The highest BCUT2D eigenvalue weighted by Crippen LogP contribution is 2.50. The van der Waals surface area contributed by atoms with Gasteiger partial charge in [0.1, 0.15) is 18.8 Å². The molecule has 3 rings (SSSR count). The highest BCUT2D eigenvalue weighted by Gasteiger charge is 2.49. The minimum atomic E-state index is -1.90. The maximum absolute atomic E-state index is 13.7. The number of hydrogen-bond donors (Lipinski definition) is 1. The Kier molecular flexibility index (Phi) is 23.4. The molecule has 316 valence electrons. The molecule has 0 saturated carbocycles. The van der Waals surface area contributed by atoms with Gasteiger partial charge in [0.25, 0.3) is 14.4 Å². The van der Waals surface area contributed by atoms with Crippen LogP contribution in [0.25, 0.3) is 0 Å². The average molecular weight is 820 g/mol. The van der Waals surface area contributed by atoms with Crippen LogP contribution in [-0.2, 0) is 27.7 Å². The van der Waals surface area contributed by atoms with E-state index in [-0.39, 0.29) is 64.9 Å². The number of nitriles is 1. The third-order valence-corrected chi connectivity index (χ3v) is 15.9. The molecule has 1 fully saturated rings. The number of hydrogen-bond acceptors (Lipinski definition) is 11. The number of amides is 1. The van der Waals surface area contributed by atoms with Gasteiger partial charge in [-0.15, -0.1) is 0 Å². The summed E-state index contributed by atoms with van der Waals surface area (Å²) in [6, 6.07) is 10.9. The Morgan fingerprint density at radius 3 is 2.27 bits per heavy atom. The fourth-order valence-electron chi connectivity index (χ4n) is 5.47. The highest BCUT2D eigenvalue weighted by atomic mass is 31.2. The van der Waals surface area contributed by atoms with E-state index in [0.717, 1.165) is 0 Å². The Balaban J connectivity index is 0.0000101. The summed E-state index contributed by atoms with van der Waals surface area (Å²) < 4.78 is 40.8. The number of carbonyl (C=O) groups excluding carboxylic acids is 1. The predicted octanol–water partition coefficient (Wildman–Crippen LogP) is 8.78. The fraction of sp³-hybridized carbons (Fsp3) is 0.659. The first-order valence-corrected chi connectivity index (χ1v) is 22.2. The number of benzene rings is 1. The lowest BCUT2D eigenvalue weighted by Gasteiger charge is -2.38. The molecule has 56 heavy (non-hydrogen) atoms. The van der Waals surface area contributed by atoms with Gasteiger partial charge in [-0.1, -0.05) is 80.0 Å². The van der Waals surface area contributed by atoms with E-state index in [1.54, 1.807) is 24.3 Å². The highest BCUT2D eigenvalue weighted by molar-refractivity contribution is 7.44. The zero-order chi connectivity index (χ0) is 39.3. The molecule has 1 aromatic heterocycles. The summed E-state index contributed by atoms with van der Waals surface area (Å²) in [5.41, 5.74) is 0.0231. The second-order valence-electron chi connectivity index (χ2n) is 14.8. The van der Waals surface area contributed by atoms with Crippen molar-refractivity contribution in [2.45, 2.75) is 145 Å². The van der Waals surface area contributed by atoms with Crippen LogP contribution in [0.1, 0.15) is 113 Å². The van der Waals surface area contributed by atoms with Crippen LogP contribution in [0.3, 0.4) is 0 Å². The summed E-state index contributed by atoms with van der Waals surface area (Å²) in [5, 5.41) is 12.0. The summed E-state index contributed by atoms with van der Waals surface area (Å²) in [4.78, 5) is 31.2. The summed E-state index contributed by atoms with van der Waals surface area (Å²) in [6.07, 6.45) is -0.450. The van der Waals surface area contributed by atoms with Gasteiger partial charge in [0, 0.05) is 31.0 Å². The molecule has 1 aromatic carbocycles. The van der Waals surface area contributed by atoms with Crippen molar-refractivity contribution in [3.8, 4) is 17.9 Å². The molecule has 1 N–H and O–H groups in total. The van der Waals surface area contributed by atoms with Crippen LogP contribution in [-0.4, -0.2) is 92.4 Å². The molecule has 1 aliphatic heterocycles. The zero-order valence-electron chi connectivity index (χ0n) is 33.2. The standard InChI is InChI=1S/C38H58N5O8PSi.3CH4/c1-12-31-32(51-52(48-23-17-21-39)43(27(2)3)28(4)5)33(46-9)36(50-31)42-26-30(20-16-22-47-24-25-49-53(10,11)38(6,7)8)34(41-37(42)45)40-35(44)29-18-14-13-15-19-29;;;/h13-15,18-19,26-28,31-33,36H,12,17,22-25H2,1-11H3,(H,40,41,44,45);3*1H4/t31-,32-,33-,36-,52?;;;/m1.../s1. The topological polar surface area (TPSA) is 146 Å². The normalized spacial score (nSPS) is 18.6. The van der Waals surface area contributed by atoms with E-state index in [1.807, 2.05) is 13.0 Å². The van der Waals surface area contributed by atoms with Gasteiger partial charge in [0.15, 0.2) is 20.4 Å². The first-order chi connectivity index (χ1) is 25.1. The van der Waals surface area contributed by atoms with Gasteiger partial charge in [0.2, 0.25) is 0 Å². The number of carbonyl (C=O) groups is 1. The van der Waals surface area contributed by atoms with E-state index in [9.17, 15) is 9.59 Å². The molecule has 2 aromatic rings. The van der Waals surface area contributed by atoms with E-state index in [0.29, 0.717) is 30.8 Å². The van der Waals surface area contributed by atoms with Crippen LogP contribution in [0.4, 0.5) is 5.82 Å². The summed E-state index contributed by atoms with van der Waals surface area (Å²) in [7, 11) is -1.99. The van der Waals surface area contributed by atoms with Crippen LogP contribution < -0.4 is 11.0 Å². The second-order valence-corrected chi connectivity index (χ2v) is 21.0. The van der Waals surface area contributed by atoms with Crippen LogP contribution in [0, 0.1) is 23.2 Å². The first kappa shape index (κ1) is 53.0. The van der Waals surface area contributed by atoms with Crippen molar-refractivity contribution in [1.29, 1.82) is 5.26 Å². The van der Waals surface area contributed by atoms with Crippen molar-refractivity contribution in [3.63, 3.8) is 0 Å². The van der Waals surface area contributed by atoms with Gasteiger partial charge >= 0.3 is 5.69 Å². The number of rotatable bonds is 18. The van der Waals surface area contributed by atoms with Crippen molar-refractivity contribution in [2.75, 3.05) is 38.9 Å². The lowest BCUT2D eigenvalue weighted by molar-refractivity contribution is -0.0539. The van der Waals surface area contributed by atoms with E-state index in [1.165, 1.54) is 17.9 Å². The Hall–Kier alpha value is -3.01. The molecule has 0 radical (unpaired) electrons. The molecule has 5 atom stereocenters. The van der Waals surface area contributed by atoms with E-state index in [4.69, 9.17) is 32.9 Å². The molecule has 0 spiro atoms. The molecular weight excluding hydrogens is 750 g/mol. The van der Waals surface area contributed by atoms with Gasteiger partial charge in [-0.05, 0) is 64.4 Å². The zero-order valence-corrected chi connectivity index (χ0v) is 35.1. The lowest BCUT2D eigenvalue weighted by Crippen LogP contribution is -2.41. The largest absolute Gasteiger partial charge is 0.414 e. The van der Waals surface area contributed by atoms with E-state index in [2.05, 4.69) is 94.4 Å². The van der Waals surface area contributed by atoms with Crippen LogP contribution in [0.2, 0.25) is 18.1 Å². The van der Waals surface area contributed by atoms with Crippen molar-refractivity contribution in [1.82, 2.24) is 14.2 Å². The van der Waals surface area contributed by atoms with Crippen molar-refractivity contribution in [3.05, 3.63) is 58.1 Å². The molecule has 1 amide bonds. The Bertz CT molecular complexity index is 1630. The number of aromatic nitrogens is 2. The van der Waals surface area contributed by atoms with Gasteiger partial charge < -0.3 is 33.0 Å². The molecule has 0 aliphatic carbocycles. The quantitative estimate of drug-likeness (QED) is 0.0667. The van der Waals surface area contributed by atoms with Crippen LogP contribution in [0.15, 0.2) is 41.3 Å². The molecule has 15 heteroatoms. The number of anilines is 1. The minimum Gasteiger partial charge on any atom is -0.414 e. The Morgan fingerprint density at radius 2 is 1.71 bits per heavy atom. The first-order valence-electron chi connectivity index (χ1n) is 18.2. The predicted molar refractivity (Wildman–Crippen MR) is 229 cm³/mol. The summed E-state index contributed by atoms with van der Waals surface area (Å²) in [5.74, 6) is 5.61. The van der Waals surface area contributed by atoms with Crippen molar-refractivity contribution >= 4 is 28.6 Å². The van der Waals surface area contributed by atoms with Crippen LogP contribution >= 0.6 is 8.53 Å². The smallest absolute Gasteiger partial charge is 0.351 e. The minimum absolute atomic E-state index is 0. The van der Waals surface area contributed by atoms with Crippen LogP contribution in [0.5, 0.6) is 0 Å². The maximum atomic E-state index is 13.7. The van der Waals surface area contributed by atoms with Gasteiger partial charge in [-0.3, -0.25) is 9.36 Å². The summed E-state index contributed by atoms with van der Waals surface area (Å²) >= 11 is 0. The fourth-order valence-corrected chi connectivity index (χ4v) is 8.27. The third-order valence-electron chi connectivity index (χ3n) is 9.22. The van der Waals surface area contributed by atoms with Gasteiger partial charge in [0.05, 0.1) is 44.0 Å². The molecular formula is C41H70N5O8PSi. The van der Waals surface area contributed by atoms with Crippen molar-refractivity contribution < 1.29 is 32.5 Å². The molecule has 0 bridgehead atoms. The second kappa shape index (κ2) is 24.7. The number of nitrogens with one attached hydrogen (secondary N) is 1. The van der Waals surface area contributed by atoms with E-state index >= 15 is 0 Å². The number of ether oxygens (including phenoxy) is 3. The third kappa shape index (κ3) is 14.4. The van der Waals surface area contributed by atoms with Crippen molar-refractivity contribution in [2.24, 2.45) is 0 Å². The van der Waals surface area contributed by atoms with Gasteiger partial charge in [-0.25, -0.2) is 9.46 Å². The molecule has 1 saturated heterocycles.